The molecule has 9 heteroatoms. The molecule has 0 aliphatic rings. The molecule has 0 aliphatic heterocycles. The maximum absolute atomic E-state index is 13.6. The first kappa shape index (κ1) is 26.1. The van der Waals surface area contributed by atoms with E-state index in [1.807, 2.05) is 25.1 Å². The van der Waals surface area contributed by atoms with Crippen LogP contribution in [0.5, 0.6) is 17.2 Å². The summed E-state index contributed by atoms with van der Waals surface area (Å²) >= 11 is 5.95. The van der Waals surface area contributed by atoms with Gasteiger partial charge in [-0.2, -0.15) is 0 Å². The molecule has 37 heavy (non-hydrogen) atoms. The van der Waals surface area contributed by atoms with Crippen molar-refractivity contribution in [1.29, 1.82) is 0 Å². The molecule has 0 atom stereocenters. The molecular weight excluding hydrogens is 512 g/mol. The Morgan fingerprint density at radius 1 is 0.838 bits per heavy atom. The maximum Gasteiger partial charge on any atom is 0.264 e. The van der Waals surface area contributed by atoms with E-state index in [2.05, 4.69) is 5.32 Å². The number of nitrogens with zero attached hydrogens (tertiary/aromatic N) is 1. The van der Waals surface area contributed by atoms with Crippen molar-refractivity contribution in [3.05, 3.63) is 108 Å². The summed E-state index contributed by atoms with van der Waals surface area (Å²) in [6.45, 7) is 1.85. The normalized spacial score (nSPS) is 11.0. The Morgan fingerprint density at radius 3 is 2.16 bits per heavy atom. The van der Waals surface area contributed by atoms with Crippen LogP contribution in [-0.4, -0.2) is 27.5 Å². The molecule has 0 saturated heterocycles. The van der Waals surface area contributed by atoms with Crippen LogP contribution >= 0.6 is 11.6 Å². The summed E-state index contributed by atoms with van der Waals surface area (Å²) in [5, 5.41) is 3.18. The Hall–Kier alpha value is -4.01. The second kappa shape index (κ2) is 11.8. The zero-order valence-electron chi connectivity index (χ0n) is 20.0. The third kappa shape index (κ3) is 6.61. The minimum Gasteiger partial charge on any atom is -0.494 e. The second-order valence-electron chi connectivity index (χ2n) is 7.85. The van der Waals surface area contributed by atoms with E-state index in [1.165, 1.54) is 24.3 Å². The van der Waals surface area contributed by atoms with Crippen LogP contribution in [0.15, 0.2) is 108 Å². The monoisotopic (exact) mass is 536 g/mol. The molecule has 1 amide bonds. The van der Waals surface area contributed by atoms with Gasteiger partial charge >= 0.3 is 0 Å². The minimum atomic E-state index is -4.10. The number of benzene rings is 4. The van der Waals surface area contributed by atoms with Gasteiger partial charge in [0.1, 0.15) is 18.0 Å². The number of rotatable bonds is 10. The highest BCUT2D eigenvalue weighted by molar-refractivity contribution is 7.92. The number of anilines is 2. The minimum absolute atomic E-state index is 0.00592. The summed E-state index contributed by atoms with van der Waals surface area (Å²) in [5.41, 5.74) is 0.717. The van der Waals surface area contributed by atoms with Crippen molar-refractivity contribution in [1.82, 2.24) is 0 Å². The summed E-state index contributed by atoms with van der Waals surface area (Å²) in [6, 6.07) is 28.4. The van der Waals surface area contributed by atoms with Gasteiger partial charge in [-0.05, 0) is 79.7 Å². The number of nitrogens with one attached hydrogen (secondary N) is 1. The zero-order chi connectivity index (χ0) is 26.3. The standard InChI is InChI=1S/C28H25ClN2O5S/c1-2-35-23-16-14-22(15-17-23)31(37(33,34)25-18-12-21(29)13-19-25)20-28(32)30-26-10-6-7-11-27(26)36-24-8-4-3-5-9-24/h3-19H,2,20H2,1H3,(H,30,32). The smallest absolute Gasteiger partial charge is 0.264 e. The first-order valence-corrected chi connectivity index (χ1v) is 13.3. The Morgan fingerprint density at radius 2 is 1.49 bits per heavy atom. The van der Waals surface area contributed by atoms with Gasteiger partial charge < -0.3 is 14.8 Å². The number of sulfonamides is 1. The van der Waals surface area contributed by atoms with Crippen LogP contribution in [0.25, 0.3) is 0 Å². The number of hydrogen-bond donors (Lipinski definition) is 1. The molecule has 4 aromatic rings. The van der Waals surface area contributed by atoms with Crippen LogP contribution < -0.4 is 19.1 Å². The quantitative estimate of drug-likeness (QED) is 0.255. The van der Waals surface area contributed by atoms with Crippen molar-refractivity contribution in [2.45, 2.75) is 11.8 Å². The van der Waals surface area contributed by atoms with Gasteiger partial charge in [0.15, 0.2) is 5.75 Å². The van der Waals surface area contributed by atoms with E-state index in [4.69, 9.17) is 21.1 Å². The van der Waals surface area contributed by atoms with Gasteiger partial charge in [-0.1, -0.05) is 41.9 Å². The van der Waals surface area contributed by atoms with Gasteiger partial charge in [-0.25, -0.2) is 8.42 Å². The fourth-order valence-electron chi connectivity index (χ4n) is 3.52. The molecule has 4 rings (SSSR count). The number of halogens is 1. The lowest BCUT2D eigenvalue weighted by Crippen LogP contribution is -2.38. The van der Waals surface area contributed by atoms with Gasteiger partial charge in [0, 0.05) is 5.02 Å². The van der Waals surface area contributed by atoms with Gasteiger partial charge in [0.2, 0.25) is 5.91 Å². The second-order valence-corrected chi connectivity index (χ2v) is 10.2. The average Bonchev–Trinajstić information content (AvgIpc) is 2.90. The molecule has 0 aromatic heterocycles. The van der Waals surface area contributed by atoms with Crippen LogP contribution in [0.4, 0.5) is 11.4 Å². The predicted octanol–water partition coefficient (Wildman–Crippen LogP) is 6.37. The molecule has 0 spiro atoms. The SMILES string of the molecule is CCOc1ccc(N(CC(=O)Nc2ccccc2Oc2ccccc2)S(=O)(=O)c2ccc(Cl)cc2)cc1. The van der Waals surface area contributed by atoms with Gasteiger partial charge in [0.05, 0.1) is 22.9 Å². The van der Waals surface area contributed by atoms with E-state index in [0.29, 0.717) is 40.3 Å². The van der Waals surface area contributed by atoms with Gasteiger partial charge in [0.25, 0.3) is 10.0 Å². The van der Waals surface area contributed by atoms with E-state index >= 15 is 0 Å². The van der Waals surface area contributed by atoms with Crippen molar-refractivity contribution in [2.75, 3.05) is 22.8 Å². The predicted molar refractivity (Wildman–Crippen MR) is 145 cm³/mol. The molecule has 7 nitrogen and oxygen atoms in total. The van der Waals surface area contributed by atoms with Gasteiger partial charge in [-0.15, -0.1) is 0 Å². The fourth-order valence-corrected chi connectivity index (χ4v) is 5.07. The van der Waals surface area contributed by atoms with Crippen molar-refractivity contribution < 1.29 is 22.7 Å². The van der Waals surface area contributed by atoms with Crippen molar-refractivity contribution in [3.63, 3.8) is 0 Å². The average molecular weight is 537 g/mol. The molecule has 0 bridgehead atoms. The highest BCUT2D eigenvalue weighted by Gasteiger charge is 2.27. The highest BCUT2D eigenvalue weighted by atomic mass is 35.5. The number of para-hydroxylation sites is 3. The Labute approximate surface area is 221 Å². The number of carbonyl (C=O) groups excluding carboxylic acids is 1. The molecule has 0 unspecified atom stereocenters. The van der Waals surface area contributed by atoms with Crippen molar-refractivity contribution in [3.8, 4) is 17.2 Å². The molecule has 0 aliphatic carbocycles. The van der Waals surface area contributed by atoms with Crippen LogP contribution in [0.2, 0.25) is 5.02 Å². The molecule has 0 heterocycles. The van der Waals surface area contributed by atoms with E-state index in [-0.39, 0.29) is 4.90 Å². The Balaban J connectivity index is 1.61. The molecule has 0 saturated carbocycles. The zero-order valence-corrected chi connectivity index (χ0v) is 21.6. The first-order valence-electron chi connectivity index (χ1n) is 11.5. The lowest BCUT2D eigenvalue weighted by Gasteiger charge is -2.24. The Bertz CT molecular complexity index is 1440. The summed E-state index contributed by atoms with van der Waals surface area (Å²) in [5.74, 6) is 1.07. The third-order valence-corrected chi connectivity index (χ3v) is 7.30. The third-order valence-electron chi connectivity index (χ3n) is 5.26. The molecule has 190 valence electrons. The van der Waals surface area contributed by atoms with Gasteiger partial charge in [-0.3, -0.25) is 9.10 Å². The van der Waals surface area contributed by atoms with Crippen LogP contribution in [0.3, 0.4) is 0 Å². The van der Waals surface area contributed by atoms with E-state index < -0.39 is 22.5 Å². The molecule has 0 radical (unpaired) electrons. The largest absolute Gasteiger partial charge is 0.494 e. The molecule has 4 aromatic carbocycles. The lowest BCUT2D eigenvalue weighted by atomic mass is 10.2. The number of carbonyl (C=O) groups is 1. The van der Waals surface area contributed by atoms with Crippen molar-refractivity contribution in [2.24, 2.45) is 0 Å². The molecule has 1 N–H and O–H groups in total. The number of amides is 1. The van der Waals surface area contributed by atoms with Crippen LogP contribution in [-0.2, 0) is 14.8 Å². The van der Waals surface area contributed by atoms with Crippen molar-refractivity contribution >= 4 is 38.9 Å². The maximum atomic E-state index is 13.6. The summed E-state index contributed by atoms with van der Waals surface area (Å²) in [6.07, 6.45) is 0. The van der Waals surface area contributed by atoms with Crippen LogP contribution in [0, 0.1) is 0 Å². The summed E-state index contributed by atoms with van der Waals surface area (Å²) in [7, 11) is -4.10. The lowest BCUT2D eigenvalue weighted by molar-refractivity contribution is -0.114. The topological polar surface area (TPSA) is 84.9 Å². The number of ether oxygens (including phenoxy) is 2. The first-order chi connectivity index (χ1) is 17.9. The fraction of sp³-hybridized carbons (Fsp3) is 0.107. The van der Waals surface area contributed by atoms with E-state index in [1.54, 1.807) is 60.7 Å². The molecule has 0 fully saturated rings. The number of hydrogen-bond acceptors (Lipinski definition) is 5. The molecular formula is C28H25ClN2O5S. The Kier molecular flexibility index (Phi) is 8.32. The highest BCUT2D eigenvalue weighted by Crippen LogP contribution is 2.30. The van der Waals surface area contributed by atoms with Crippen LogP contribution in [0.1, 0.15) is 6.92 Å². The van der Waals surface area contributed by atoms with E-state index in [0.717, 1.165) is 4.31 Å². The van der Waals surface area contributed by atoms with E-state index in [9.17, 15) is 13.2 Å². The summed E-state index contributed by atoms with van der Waals surface area (Å²) < 4.78 is 39.6. The summed E-state index contributed by atoms with van der Waals surface area (Å²) in [4.78, 5) is 13.2.